The van der Waals surface area contributed by atoms with Crippen LogP contribution < -0.4 is 0 Å². The van der Waals surface area contributed by atoms with Gasteiger partial charge in [-0.25, -0.2) is 4.79 Å². The minimum atomic E-state index is -0.149. The number of amides is 1. The molecule has 1 unspecified atom stereocenters. The van der Waals surface area contributed by atoms with Crippen LogP contribution in [0, 0.1) is 0 Å². The van der Waals surface area contributed by atoms with Gasteiger partial charge in [0.2, 0.25) is 0 Å². The zero-order chi connectivity index (χ0) is 16.6. The Morgan fingerprint density at radius 1 is 1.38 bits per heavy atom. The highest BCUT2D eigenvalue weighted by molar-refractivity contribution is 5.67. The van der Waals surface area contributed by atoms with Crippen LogP contribution in [0.2, 0.25) is 0 Å². The zero-order valence-electron chi connectivity index (χ0n) is 14.6. The van der Waals surface area contributed by atoms with Gasteiger partial charge in [0.05, 0.1) is 12.8 Å². The molecule has 6 heteroatoms. The van der Waals surface area contributed by atoms with Crippen LogP contribution in [0.3, 0.4) is 0 Å². The van der Waals surface area contributed by atoms with E-state index in [9.17, 15) is 4.79 Å². The van der Waals surface area contributed by atoms with Crippen LogP contribution in [0.4, 0.5) is 4.79 Å². The highest BCUT2D eigenvalue weighted by Gasteiger charge is 2.45. The Kier molecular flexibility index (Phi) is 4.24. The summed E-state index contributed by atoms with van der Waals surface area (Å²) in [7, 11) is 0. The third-order valence-corrected chi connectivity index (χ3v) is 6.23. The van der Waals surface area contributed by atoms with Gasteiger partial charge in [0.15, 0.2) is 0 Å². The van der Waals surface area contributed by atoms with E-state index in [-0.39, 0.29) is 6.09 Å². The monoisotopic (exact) mass is 332 g/mol. The molecule has 3 aliphatic rings. The molecule has 6 nitrogen and oxygen atoms in total. The van der Waals surface area contributed by atoms with Gasteiger partial charge in [-0.2, -0.15) is 5.10 Å². The number of hydrogen-bond acceptors (Lipinski definition) is 4. The van der Waals surface area contributed by atoms with Crippen molar-refractivity contribution < 1.29 is 9.53 Å². The van der Waals surface area contributed by atoms with E-state index in [0.717, 1.165) is 32.5 Å². The van der Waals surface area contributed by atoms with Crippen LogP contribution in [0.15, 0.2) is 6.20 Å². The van der Waals surface area contributed by atoms with Crippen molar-refractivity contribution >= 4 is 6.09 Å². The maximum Gasteiger partial charge on any atom is 0.409 e. The van der Waals surface area contributed by atoms with E-state index >= 15 is 0 Å². The largest absolute Gasteiger partial charge is 0.450 e. The quantitative estimate of drug-likeness (QED) is 0.903. The second kappa shape index (κ2) is 6.39. The molecule has 3 heterocycles. The maximum atomic E-state index is 11.9. The number of fused-ring (bicyclic) bond motifs is 2. The van der Waals surface area contributed by atoms with Crippen molar-refractivity contribution in [1.29, 1.82) is 0 Å². The third-order valence-electron chi connectivity index (χ3n) is 6.23. The topological polar surface area (TPSA) is 61.5 Å². The first-order valence-electron chi connectivity index (χ1n) is 9.40. The molecule has 1 atom stereocenters. The van der Waals surface area contributed by atoms with Crippen LogP contribution in [0.25, 0.3) is 0 Å². The van der Waals surface area contributed by atoms with Crippen molar-refractivity contribution in [1.82, 2.24) is 20.0 Å². The molecular weight excluding hydrogens is 304 g/mol. The number of H-pyrrole nitrogens is 1. The van der Waals surface area contributed by atoms with Gasteiger partial charge in [-0.05, 0) is 57.6 Å². The molecule has 0 saturated carbocycles. The molecule has 2 saturated heterocycles. The normalized spacial score (nSPS) is 28.3. The van der Waals surface area contributed by atoms with Crippen molar-refractivity contribution in [2.24, 2.45) is 0 Å². The standard InChI is InChI=1S/C18H28N4O2/c1-2-24-17(23)21-10-5-15(6-11-21)22-9-3-7-18(13-22)8-4-14-12-19-20-16(14)18/h12,15H,2-11,13H2,1H3,(H,19,20). The number of nitrogens with zero attached hydrogens (tertiary/aromatic N) is 3. The van der Waals surface area contributed by atoms with Crippen LogP contribution in [0.5, 0.6) is 0 Å². The number of carbonyl (C=O) groups is 1. The van der Waals surface area contributed by atoms with Gasteiger partial charge in [-0.3, -0.25) is 10.00 Å². The molecule has 1 aliphatic carbocycles. The van der Waals surface area contributed by atoms with Crippen LogP contribution in [0.1, 0.15) is 50.3 Å². The summed E-state index contributed by atoms with van der Waals surface area (Å²) in [4.78, 5) is 16.4. The van der Waals surface area contributed by atoms with E-state index in [4.69, 9.17) is 4.74 Å². The van der Waals surface area contributed by atoms with Gasteiger partial charge in [0, 0.05) is 36.8 Å². The number of aryl methyl sites for hydroxylation is 1. The molecule has 0 bridgehead atoms. The lowest BCUT2D eigenvalue weighted by atomic mass is 9.77. The highest BCUT2D eigenvalue weighted by atomic mass is 16.6. The first kappa shape index (κ1) is 15.9. The second-order valence-electron chi connectivity index (χ2n) is 7.54. The number of rotatable bonds is 2. The van der Waals surface area contributed by atoms with Gasteiger partial charge in [0.1, 0.15) is 0 Å². The number of hydrogen-bond donors (Lipinski definition) is 1. The number of piperidine rings is 2. The SMILES string of the molecule is CCOC(=O)N1CCC(N2CCCC3(CCc4cn[nH]c43)C2)CC1. The Morgan fingerprint density at radius 3 is 3.00 bits per heavy atom. The molecular formula is C18H28N4O2. The number of nitrogens with one attached hydrogen (secondary N) is 1. The van der Waals surface area contributed by atoms with Gasteiger partial charge in [0.25, 0.3) is 0 Å². The minimum Gasteiger partial charge on any atom is -0.450 e. The van der Waals surface area contributed by atoms with Gasteiger partial charge < -0.3 is 9.64 Å². The number of likely N-dealkylation sites (tertiary alicyclic amines) is 2. The first-order valence-corrected chi connectivity index (χ1v) is 9.40. The molecule has 1 aromatic heterocycles. The van der Waals surface area contributed by atoms with E-state index in [0.29, 0.717) is 18.1 Å². The van der Waals surface area contributed by atoms with E-state index in [1.807, 2.05) is 18.0 Å². The van der Waals surface area contributed by atoms with Crippen molar-refractivity contribution in [3.8, 4) is 0 Å². The summed E-state index contributed by atoms with van der Waals surface area (Å²) in [5.74, 6) is 0. The summed E-state index contributed by atoms with van der Waals surface area (Å²) in [6, 6.07) is 0.597. The zero-order valence-corrected chi connectivity index (χ0v) is 14.6. The first-order chi connectivity index (χ1) is 11.7. The van der Waals surface area contributed by atoms with E-state index in [2.05, 4.69) is 15.1 Å². The fourth-order valence-corrected chi connectivity index (χ4v) is 4.97. The number of aromatic nitrogens is 2. The fourth-order valence-electron chi connectivity index (χ4n) is 4.97. The van der Waals surface area contributed by atoms with Crippen molar-refractivity contribution in [2.45, 2.75) is 56.9 Å². The maximum absolute atomic E-state index is 11.9. The average molecular weight is 332 g/mol. The van der Waals surface area contributed by atoms with Crippen molar-refractivity contribution in [3.63, 3.8) is 0 Å². The lowest BCUT2D eigenvalue weighted by molar-refractivity contribution is 0.0490. The summed E-state index contributed by atoms with van der Waals surface area (Å²) in [6.45, 7) is 6.30. The van der Waals surface area contributed by atoms with Gasteiger partial charge >= 0.3 is 6.09 Å². The Balaban J connectivity index is 1.39. The molecule has 4 rings (SSSR count). The molecule has 1 N–H and O–H groups in total. The van der Waals surface area contributed by atoms with Crippen molar-refractivity contribution in [2.75, 3.05) is 32.8 Å². The summed E-state index contributed by atoms with van der Waals surface area (Å²) in [6.07, 6.45) is 8.95. The molecule has 2 fully saturated rings. The second-order valence-corrected chi connectivity index (χ2v) is 7.54. The predicted molar refractivity (Wildman–Crippen MR) is 91.0 cm³/mol. The average Bonchev–Trinajstić information content (AvgIpc) is 3.21. The Bertz CT molecular complexity index is 594. The summed E-state index contributed by atoms with van der Waals surface area (Å²) >= 11 is 0. The lowest BCUT2D eigenvalue weighted by Crippen LogP contribution is -2.53. The summed E-state index contributed by atoms with van der Waals surface area (Å²) in [5.41, 5.74) is 3.12. The number of aromatic amines is 1. The Hall–Kier alpha value is -1.56. The minimum absolute atomic E-state index is 0.149. The van der Waals surface area contributed by atoms with Gasteiger partial charge in [-0.1, -0.05) is 0 Å². The van der Waals surface area contributed by atoms with E-state index in [1.54, 1.807) is 0 Å². The van der Waals surface area contributed by atoms with Gasteiger partial charge in [-0.15, -0.1) is 0 Å². The highest BCUT2D eigenvalue weighted by Crippen LogP contribution is 2.44. The Labute approximate surface area is 143 Å². The molecule has 1 amide bonds. The molecule has 24 heavy (non-hydrogen) atoms. The van der Waals surface area contributed by atoms with Crippen LogP contribution in [-0.4, -0.2) is 64.9 Å². The number of ether oxygens (including phenoxy) is 1. The smallest absolute Gasteiger partial charge is 0.409 e. The van der Waals surface area contributed by atoms with Crippen molar-refractivity contribution in [3.05, 3.63) is 17.5 Å². The Morgan fingerprint density at radius 2 is 2.21 bits per heavy atom. The van der Waals surface area contributed by atoms with Crippen LogP contribution >= 0.6 is 0 Å². The molecule has 2 aliphatic heterocycles. The summed E-state index contributed by atoms with van der Waals surface area (Å²) in [5, 5.41) is 7.57. The van der Waals surface area contributed by atoms with Crippen LogP contribution in [-0.2, 0) is 16.6 Å². The molecule has 132 valence electrons. The fraction of sp³-hybridized carbons (Fsp3) is 0.778. The van der Waals surface area contributed by atoms with E-state index < -0.39 is 0 Å². The predicted octanol–water partition coefficient (Wildman–Crippen LogP) is 2.31. The third kappa shape index (κ3) is 2.70. The van der Waals surface area contributed by atoms with E-state index in [1.165, 1.54) is 43.5 Å². The molecule has 1 spiro atoms. The lowest BCUT2D eigenvalue weighted by Gasteiger charge is -2.46. The molecule has 0 radical (unpaired) electrons. The summed E-state index contributed by atoms with van der Waals surface area (Å²) < 4.78 is 5.13. The molecule has 1 aromatic rings. The number of carbonyl (C=O) groups excluding carboxylic acids is 1. The molecule has 0 aromatic carbocycles.